The van der Waals surface area contributed by atoms with E-state index in [1.54, 1.807) is 0 Å². The number of hydrogen-bond donors (Lipinski definition) is 1. The van der Waals surface area contributed by atoms with Crippen LogP contribution in [0.15, 0.2) is 0 Å². The second-order valence-corrected chi connectivity index (χ2v) is 3.26. The van der Waals surface area contributed by atoms with Gasteiger partial charge in [-0.15, -0.1) is 0 Å². The van der Waals surface area contributed by atoms with Gasteiger partial charge in [0.05, 0.1) is 6.54 Å². The summed E-state index contributed by atoms with van der Waals surface area (Å²) in [5.41, 5.74) is 5.28. The molecular weight excluding hydrogens is 190 g/mol. The van der Waals surface area contributed by atoms with Crippen LogP contribution in [0.4, 0.5) is 8.78 Å². The van der Waals surface area contributed by atoms with Gasteiger partial charge in [-0.3, -0.25) is 4.79 Å². The fourth-order valence-corrected chi connectivity index (χ4v) is 1.10. The minimum absolute atomic E-state index is 0.220. The Morgan fingerprint density at radius 1 is 1.36 bits per heavy atom. The summed E-state index contributed by atoms with van der Waals surface area (Å²) in [6.45, 7) is 0.136. The van der Waals surface area contributed by atoms with Crippen LogP contribution in [-0.4, -0.2) is 37.4 Å². The number of carbonyl (C=O) groups excluding carboxylic acids is 1. The molecule has 0 bridgehead atoms. The Balaban J connectivity index is 3.52. The molecule has 0 aliphatic heterocycles. The number of alkyl halides is 2. The molecule has 0 heterocycles. The SMILES string of the molecule is CN(CC(F)F)C(=O)CCCCCN. The molecule has 0 aromatic carbocycles. The van der Waals surface area contributed by atoms with Crippen LogP contribution in [0.1, 0.15) is 25.7 Å². The maximum Gasteiger partial charge on any atom is 0.255 e. The average molecular weight is 208 g/mol. The lowest BCUT2D eigenvalue weighted by Gasteiger charge is -2.16. The molecule has 0 rings (SSSR count). The standard InChI is InChI=1S/C9H18F2N2O/c1-13(7-8(10)11)9(14)5-3-2-4-6-12/h8H,2-7,12H2,1H3. The van der Waals surface area contributed by atoms with Crippen molar-refractivity contribution in [3.05, 3.63) is 0 Å². The van der Waals surface area contributed by atoms with Crippen molar-refractivity contribution < 1.29 is 13.6 Å². The molecule has 0 radical (unpaired) electrons. The van der Waals surface area contributed by atoms with Gasteiger partial charge in [0.25, 0.3) is 6.43 Å². The Morgan fingerprint density at radius 2 is 2.00 bits per heavy atom. The van der Waals surface area contributed by atoms with Crippen molar-refractivity contribution in [2.75, 3.05) is 20.1 Å². The molecule has 2 N–H and O–H groups in total. The van der Waals surface area contributed by atoms with Gasteiger partial charge in [-0.1, -0.05) is 6.42 Å². The topological polar surface area (TPSA) is 46.3 Å². The van der Waals surface area contributed by atoms with E-state index in [1.807, 2.05) is 0 Å². The van der Waals surface area contributed by atoms with Crippen molar-refractivity contribution in [3.63, 3.8) is 0 Å². The van der Waals surface area contributed by atoms with E-state index in [1.165, 1.54) is 7.05 Å². The number of nitrogens with zero attached hydrogens (tertiary/aromatic N) is 1. The molecule has 0 saturated carbocycles. The Bertz CT molecular complexity index is 165. The number of unbranched alkanes of at least 4 members (excludes halogenated alkanes) is 2. The Kier molecular flexibility index (Phi) is 7.28. The summed E-state index contributed by atoms with van der Waals surface area (Å²) in [7, 11) is 1.40. The van der Waals surface area contributed by atoms with Crippen LogP contribution in [0, 0.1) is 0 Å². The molecule has 0 aliphatic carbocycles. The number of amides is 1. The molecule has 0 spiro atoms. The molecule has 1 amide bonds. The quantitative estimate of drug-likeness (QED) is 0.640. The molecule has 0 fully saturated rings. The van der Waals surface area contributed by atoms with Crippen LogP contribution in [-0.2, 0) is 4.79 Å². The third-order valence-electron chi connectivity index (χ3n) is 1.93. The number of hydrogen-bond acceptors (Lipinski definition) is 2. The zero-order chi connectivity index (χ0) is 11.0. The number of rotatable bonds is 7. The van der Waals surface area contributed by atoms with Crippen molar-refractivity contribution in [2.45, 2.75) is 32.1 Å². The second kappa shape index (κ2) is 7.67. The smallest absolute Gasteiger partial charge is 0.255 e. The molecule has 0 aromatic rings. The lowest BCUT2D eigenvalue weighted by atomic mass is 10.2. The molecule has 84 valence electrons. The van der Waals surface area contributed by atoms with Crippen molar-refractivity contribution in [3.8, 4) is 0 Å². The first-order valence-corrected chi connectivity index (χ1v) is 4.80. The Labute approximate surface area is 83.3 Å². The van der Waals surface area contributed by atoms with Gasteiger partial charge in [-0.2, -0.15) is 0 Å². The predicted molar refractivity (Wildman–Crippen MR) is 51.2 cm³/mol. The summed E-state index contributed by atoms with van der Waals surface area (Å²) in [4.78, 5) is 12.3. The van der Waals surface area contributed by atoms with Crippen LogP contribution in [0.5, 0.6) is 0 Å². The highest BCUT2D eigenvalue weighted by Gasteiger charge is 2.12. The number of halogens is 2. The second-order valence-electron chi connectivity index (χ2n) is 3.26. The number of nitrogens with two attached hydrogens (primary N) is 1. The van der Waals surface area contributed by atoms with E-state index < -0.39 is 13.0 Å². The summed E-state index contributed by atoms with van der Waals surface area (Å²) < 4.78 is 23.8. The van der Waals surface area contributed by atoms with Gasteiger partial charge < -0.3 is 10.6 Å². The van der Waals surface area contributed by atoms with Crippen molar-refractivity contribution >= 4 is 5.91 Å². The highest BCUT2D eigenvalue weighted by atomic mass is 19.3. The summed E-state index contributed by atoms with van der Waals surface area (Å²) >= 11 is 0. The molecule has 0 atom stereocenters. The average Bonchev–Trinajstić information content (AvgIpc) is 2.11. The van der Waals surface area contributed by atoms with E-state index in [-0.39, 0.29) is 5.91 Å². The van der Waals surface area contributed by atoms with Gasteiger partial charge in [0.1, 0.15) is 0 Å². The first-order valence-electron chi connectivity index (χ1n) is 4.80. The summed E-state index contributed by atoms with van der Waals surface area (Å²) in [6, 6.07) is 0. The summed E-state index contributed by atoms with van der Waals surface area (Å²) in [6.07, 6.45) is 0.372. The van der Waals surface area contributed by atoms with Gasteiger partial charge in [-0.05, 0) is 19.4 Å². The van der Waals surface area contributed by atoms with Gasteiger partial charge in [0.15, 0.2) is 0 Å². The van der Waals surface area contributed by atoms with E-state index in [0.29, 0.717) is 13.0 Å². The zero-order valence-corrected chi connectivity index (χ0v) is 8.51. The van der Waals surface area contributed by atoms with Gasteiger partial charge in [-0.25, -0.2) is 8.78 Å². The highest BCUT2D eigenvalue weighted by Crippen LogP contribution is 2.03. The monoisotopic (exact) mass is 208 g/mol. The van der Waals surface area contributed by atoms with Crippen LogP contribution in [0.3, 0.4) is 0 Å². The molecule has 0 aromatic heterocycles. The maximum atomic E-state index is 11.9. The lowest BCUT2D eigenvalue weighted by molar-refractivity contribution is -0.131. The Morgan fingerprint density at radius 3 is 2.50 bits per heavy atom. The molecule has 14 heavy (non-hydrogen) atoms. The van der Waals surface area contributed by atoms with E-state index in [4.69, 9.17) is 5.73 Å². The Hall–Kier alpha value is -0.710. The third-order valence-corrected chi connectivity index (χ3v) is 1.93. The predicted octanol–water partition coefficient (Wildman–Crippen LogP) is 1.23. The van der Waals surface area contributed by atoms with Crippen molar-refractivity contribution in [1.82, 2.24) is 4.90 Å². The lowest BCUT2D eigenvalue weighted by Crippen LogP contribution is -2.31. The van der Waals surface area contributed by atoms with Gasteiger partial charge in [0, 0.05) is 13.5 Å². The fourth-order valence-electron chi connectivity index (χ4n) is 1.10. The third kappa shape index (κ3) is 6.77. The zero-order valence-electron chi connectivity index (χ0n) is 8.51. The molecule has 0 saturated heterocycles. The summed E-state index contributed by atoms with van der Waals surface area (Å²) in [5, 5.41) is 0. The molecule has 0 unspecified atom stereocenters. The highest BCUT2D eigenvalue weighted by molar-refractivity contribution is 5.75. The van der Waals surface area contributed by atoms with Crippen LogP contribution < -0.4 is 5.73 Å². The minimum atomic E-state index is -2.45. The number of carbonyl (C=O) groups is 1. The first-order chi connectivity index (χ1) is 6.57. The van der Waals surface area contributed by atoms with Crippen molar-refractivity contribution in [1.29, 1.82) is 0 Å². The van der Waals surface area contributed by atoms with Crippen LogP contribution in [0.25, 0.3) is 0 Å². The molecule has 5 heteroatoms. The molecule has 0 aliphatic rings. The first kappa shape index (κ1) is 13.3. The molecular formula is C9H18F2N2O. The van der Waals surface area contributed by atoms with E-state index in [9.17, 15) is 13.6 Å². The summed E-state index contributed by atoms with van der Waals surface area (Å²) in [5.74, 6) is -0.220. The molecule has 3 nitrogen and oxygen atoms in total. The van der Waals surface area contributed by atoms with Crippen LogP contribution in [0.2, 0.25) is 0 Å². The largest absolute Gasteiger partial charge is 0.340 e. The van der Waals surface area contributed by atoms with Crippen molar-refractivity contribution in [2.24, 2.45) is 5.73 Å². The van der Waals surface area contributed by atoms with Gasteiger partial charge >= 0.3 is 0 Å². The van der Waals surface area contributed by atoms with E-state index >= 15 is 0 Å². The van der Waals surface area contributed by atoms with E-state index in [2.05, 4.69) is 0 Å². The van der Waals surface area contributed by atoms with E-state index in [0.717, 1.165) is 24.2 Å². The minimum Gasteiger partial charge on any atom is -0.340 e. The van der Waals surface area contributed by atoms with Gasteiger partial charge in [0.2, 0.25) is 5.91 Å². The van der Waals surface area contributed by atoms with Crippen LogP contribution >= 0.6 is 0 Å². The maximum absolute atomic E-state index is 11.9. The normalized spacial score (nSPS) is 10.6. The fraction of sp³-hybridized carbons (Fsp3) is 0.889.